The Kier molecular flexibility index (Phi) is 4.28. The van der Waals surface area contributed by atoms with E-state index in [-0.39, 0.29) is 0 Å². The molecule has 1 aromatic carbocycles. The Balaban J connectivity index is 2.28. The van der Waals surface area contributed by atoms with Crippen LogP contribution in [0.3, 0.4) is 0 Å². The van der Waals surface area contributed by atoms with E-state index in [4.69, 9.17) is 5.84 Å². The molecular weight excluding hydrogens is 292 g/mol. The maximum absolute atomic E-state index is 5.41. The zero-order chi connectivity index (χ0) is 13.0. The molecule has 0 spiro atoms. The highest BCUT2D eigenvalue weighted by molar-refractivity contribution is 9.10. The fourth-order valence-electron chi connectivity index (χ4n) is 1.72. The monoisotopic (exact) mass is 306 g/mol. The van der Waals surface area contributed by atoms with Gasteiger partial charge in [0.25, 0.3) is 0 Å². The van der Waals surface area contributed by atoms with Crippen molar-refractivity contribution in [1.82, 2.24) is 9.97 Å². The minimum absolute atomic E-state index is 0.659. The molecule has 2 aromatic rings. The summed E-state index contributed by atoms with van der Waals surface area (Å²) in [7, 11) is 0. The van der Waals surface area contributed by atoms with Gasteiger partial charge in [0.05, 0.1) is 0 Å². The number of aryl methyl sites for hydroxylation is 1. The summed E-state index contributed by atoms with van der Waals surface area (Å²) < 4.78 is 1.06. The van der Waals surface area contributed by atoms with E-state index in [2.05, 4.69) is 50.4 Å². The third kappa shape index (κ3) is 3.27. The van der Waals surface area contributed by atoms with Crippen LogP contribution in [0.5, 0.6) is 0 Å². The number of rotatable bonds is 4. The van der Waals surface area contributed by atoms with Gasteiger partial charge in [0.2, 0.25) is 0 Å². The van der Waals surface area contributed by atoms with Crippen molar-refractivity contribution in [2.24, 2.45) is 5.84 Å². The van der Waals surface area contributed by atoms with Crippen LogP contribution in [-0.2, 0) is 12.8 Å². The number of nitrogens with one attached hydrogen (secondary N) is 1. The van der Waals surface area contributed by atoms with Crippen LogP contribution in [0.1, 0.15) is 24.0 Å². The molecule has 0 radical (unpaired) electrons. The van der Waals surface area contributed by atoms with Crippen LogP contribution in [0.2, 0.25) is 0 Å². The zero-order valence-electron chi connectivity index (χ0n) is 10.2. The van der Waals surface area contributed by atoms with Gasteiger partial charge in [0.15, 0.2) is 0 Å². The molecule has 2 rings (SSSR count). The smallest absolute Gasteiger partial charge is 0.143 e. The van der Waals surface area contributed by atoms with E-state index < -0.39 is 0 Å². The van der Waals surface area contributed by atoms with Gasteiger partial charge in [-0.05, 0) is 24.1 Å². The largest absolute Gasteiger partial charge is 0.308 e. The Labute approximate surface area is 115 Å². The van der Waals surface area contributed by atoms with E-state index in [1.165, 1.54) is 5.56 Å². The molecule has 0 saturated heterocycles. The van der Waals surface area contributed by atoms with Crippen molar-refractivity contribution in [2.75, 3.05) is 5.43 Å². The second-order valence-corrected chi connectivity index (χ2v) is 4.88. The Morgan fingerprint density at radius 1 is 1.28 bits per heavy atom. The van der Waals surface area contributed by atoms with Crippen molar-refractivity contribution in [2.45, 2.75) is 19.8 Å². The van der Waals surface area contributed by atoms with E-state index >= 15 is 0 Å². The maximum atomic E-state index is 5.41. The van der Waals surface area contributed by atoms with Crippen LogP contribution < -0.4 is 11.3 Å². The van der Waals surface area contributed by atoms with Gasteiger partial charge in [-0.25, -0.2) is 15.8 Å². The van der Waals surface area contributed by atoms with E-state index in [1.54, 1.807) is 0 Å². The third-order valence-corrected chi connectivity index (χ3v) is 3.08. The Morgan fingerprint density at radius 2 is 2.11 bits per heavy atom. The molecule has 0 amide bonds. The molecule has 18 heavy (non-hydrogen) atoms. The number of nitrogens with two attached hydrogens (primary N) is 1. The molecule has 0 bridgehead atoms. The van der Waals surface area contributed by atoms with Gasteiger partial charge in [-0.15, -0.1) is 0 Å². The first kappa shape index (κ1) is 13.0. The highest BCUT2D eigenvalue weighted by Crippen LogP contribution is 2.15. The summed E-state index contributed by atoms with van der Waals surface area (Å²) in [6, 6.07) is 10.00. The fourth-order valence-corrected chi connectivity index (χ4v) is 2.16. The first-order valence-electron chi connectivity index (χ1n) is 5.79. The number of benzene rings is 1. The summed E-state index contributed by atoms with van der Waals surface area (Å²) in [6.45, 7) is 2.06. The van der Waals surface area contributed by atoms with Crippen LogP contribution in [0, 0.1) is 0 Å². The Morgan fingerprint density at radius 3 is 2.78 bits per heavy atom. The Hall–Kier alpha value is -1.46. The van der Waals surface area contributed by atoms with Gasteiger partial charge in [-0.3, -0.25) is 0 Å². The number of hydrogen-bond donors (Lipinski definition) is 2. The lowest BCUT2D eigenvalue weighted by Gasteiger charge is -2.07. The van der Waals surface area contributed by atoms with Crippen molar-refractivity contribution < 1.29 is 0 Å². The first-order chi connectivity index (χ1) is 8.71. The third-order valence-electron chi connectivity index (χ3n) is 2.59. The molecule has 4 nitrogen and oxygen atoms in total. The quantitative estimate of drug-likeness (QED) is 0.673. The highest BCUT2D eigenvalue weighted by atomic mass is 79.9. The predicted octanol–water partition coefficient (Wildman–Crippen LogP) is 2.68. The number of aromatic nitrogens is 2. The van der Waals surface area contributed by atoms with Crippen LogP contribution in [0.25, 0.3) is 0 Å². The summed E-state index contributed by atoms with van der Waals surface area (Å²) in [5.41, 5.74) is 4.73. The predicted molar refractivity (Wildman–Crippen MR) is 76.2 cm³/mol. The van der Waals surface area contributed by atoms with Gasteiger partial charge < -0.3 is 5.43 Å². The van der Waals surface area contributed by atoms with E-state index in [0.29, 0.717) is 12.2 Å². The van der Waals surface area contributed by atoms with Gasteiger partial charge in [-0.2, -0.15) is 0 Å². The number of nitrogens with zero attached hydrogens (tertiary/aromatic N) is 2. The SMILES string of the molecule is CCc1cc(NN)nc(Cc2cccc(Br)c2)n1. The number of anilines is 1. The zero-order valence-corrected chi connectivity index (χ0v) is 11.7. The molecule has 3 N–H and O–H groups in total. The van der Waals surface area contributed by atoms with Gasteiger partial charge in [-0.1, -0.05) is 35.0 Å². The van der Waals surface area contributed by atoms with Crippen molar-refractivity contribution >= 4 is 21.7 Å². The molecule has 0 aliphatic rings. The molecule has 0 atom stereocenters. The average Bonchev–Trinajstić information content (AvgIpc) is 2.38. The normalized spacial score (nSPS) is 10.4. The summed E-state index contributed by atoms with van der Waals surface area (Å²) in [6.07, 6.45) is 1.56. The van der Waals surface area contributed by atoms with Crippen LogP contribution >= 0.6 is 15.9 Å². The van der Waals surface area contributed by atoms with Gasteiger partial charge in [0, 0.05) is 22.7 Å². The highest BCUT2D eigenvalue weighted by Gasteiger charge is 2.04. The van der Waals surface area contributed by atoms with Crippen molar-refractivity contribution in [3.8, 4) is 0 Å². The molecular formula is C13H15BrN4. The number of halogens is 1. The van der Waals surface area contributed by atoms with Crippen LogP contribution in [-0.4, -0.2) is 9.97 Å². The summed E-state index contributed by atoms with van der Waals surface area (Å²) >= 11 is 3.46. The first-order valence-corrected chi connectivity index (χ1v) is 6.58. The van der Waals surface area contributed by atoms with Crippen LogP contribution in [0.4, 0.5) is 5.82 Å². The van der Waals surface area contributed by atoms with Crippen molar-refractivity contribution in [3.05, 3.63) is 51.9 Å². The molecule has 0 aliphatic heterocycles. The summed E-state index contributed by atoms with van der Waals surface area (Å²) in [5.74, 6) is 6.85. The van der Waals surface area contributed by atoms with Gasteiger partial charge in [0.1, 0.15) is 11.6 Å². The van der Waals surface area contributed by atoms with E-state index in [1.807, 2.05) is 18.2 Å². The average molecular weight is 307 g/mol. The lowest BCUT2D eigenvalue weighted by atomic mass is 10.1. The van der Waals surface area contributed by atoms with E-state index in [9.17, 15) is 0 Å². The minimum atomic E-state index is 0.659. The number of nitrogen functional groups attached to an aromatic ring is 1. The topological polar surface area (TPSA) is 63.8 Å². The van der Waals surface area contributed by atoms with Crippen LogP contribution in [0.15, 0.2) is 34.8 Å². The molecule has 5 heteroatoms. The summed E-state index contributed by atoms with van der Waals surface area (Å²) in [4.78, 5) is 8.87. The molecule has 0 saturated carbocycles. The second kappa shape index (κ2) is 5.93. The second-order valence-electron chi connectivity index (χ2n) is 3.97. The number of hydrogen-bond acceptors (Lipinski definition) is 4. The molecule has 94 valence electrons. The Bertz CT molecular complexity index is 520. The van der Waals surface area contributed by atoms with Gasteiger partial charge >= 0.3 is 0 Å². The lowest BCUT2D eigenvalue weighted by molar-refractivity contribution is 0.905. The lowest BCUT2D eigenvalue weighted by Crippen LogP contribution is -2.11. The molecule has 1 heterocycles. The molecule has 1 aromatic heterocycles. The standard InChI is InChI=1S/C13H15BrN4/c1-2-11-8-13(18-15)17-12(16-11)7-9-4-3-5-10(14)6-9/h3-6,8H,2,7,15H2,1H3,(H,16,17,18). The molecule has 0 aliphatic carbocycles. The summed E-state index contributed by atoms with van der Waals surface area (Å²) in [5, 5.41) is 0. The molecule has 0 fully saturated rings. The maximum Gasteiger partial charge on any atom is 0.143 e. The van der Waals surface area contributed by atoms with Crippen molar-refractivity contribution in [1.29, 1.82) is 0 Å². The fraction of sp³-hybridized carbons (Fsp3) is 0.231. The number of hydrazine groups is 1. The van der Waals surface area contributed by atoms with E-state index in [0.717, 1.165) is 22.4 Å². The molecule has 0 unspecified atom stereocenters. The van der Waals surface area contributed by atoms with Crippen molar-refractivity contribution in [3.63, 3.8) is 0 Å². The minimum Gasteiger partial charge on any atom is -0.308 e.